The largest absolute Gasteiger partial charge is 0.508 e. The first kappa shape index (κ1) is 11.3. The van der Waals surface area contributed by atoms with Crippen LogP contribution in [0.1, 0.15) is 12.5 Å². The number of aromatic hydroxyl groups is 1. The molecule has 1 atom stereocenters. The predicted octanol–water partition coefficient (Wildman–Crippen LogP) is 1.63. The van der Waals surface area contributed by atoms with Crippen LogP contribution in [0.2, 0.25) is 0 Å². The molecular weight excluding hydrogens is 190 g/mol. The maximum atomic E-state index is 11.5. The zero-order valence-corrected chi connectivity index (χ0v) is 8.73. The third-order valence-electron chi connectivity index (χ3n) is 2.02. The second-order valence-electron chi connectivity index (χ2n) is 3.44. The third kappa shape index (κ3) is 3.85. The summed E-state index contributed by atoms with van der Waals surface area (Å²) in [7, 11) is 0. The van der Waals surface area contributed by atoms with Crippen LogP contribution in [0.4, 0.5) is 0 Å². The first-order valence-electron chi connectivity index (χ1n) is 4.81. The number of nitrogens with one attached hydrogen (secondary N) is 1. The molecule has 3 heteroatoms. The van der Waals surface area contributed by atoms with Crippen molar-refractivity contribution in [2.45, 2.75) is 19.4 Å². The van der Waals surface area contributed by atoms with Gasteiger partial charge in [-0.15, -0.1) is 6.58 Å². The summed E-state index contributed by atoms with van der Waals surface area (Å²) in [6.45, 7) is 5.43. The number of rotatable bonds is 4. The lowest BCUT2D eigenvalue weighted by Crippen LogP contribution is -2.32. The van der Waals surface area contributed by atoms with Crippen molar-refractivity contribution in [3.05, 3.63) is 42.5 Å². The van der Waals surface area contributed by atoms with Gasteiger partial charge in [0, 0.05) is 6.04 Å². The van der Waals surface area contributed by atoms with Gasteiger partial charge in [-0.3, -0.25) is 4.79 Å². The fourth-order valence-corrected chi connectivity index (χ4v) is 1.22. The topological polar surface area (TPSA) is 49.3 Å². The molecule has 0 fully saturated rings. The van der Waals surface area contributed by atoms with Crippen LogP contribution in [-0.4, -0.2) is 17.1 Å². The first-order valence-corrected chi connectivity index (χ1v) is 4.81. The van der Waals surface area contributed by atoms with Gasteiger partial charge in [-0.25, -0.2) is 0 Å². The van der Waals surface area contributed by atoms with E-state index in [0.29, 0.717) is 0 Å². The van der Waals surface area contributed by atoms with E-state index >= 15 is 0 Å². The number of amides is 1. The van der Waals surface area contributed by atoms with Crippen LogP contribution in [-0.2, 0) is 11.2 Å². The van der Waals surface area contributed by atoms with E-state index in [1.165, 1.54) is 0 Å². The summed E-state index contributed by atoms with van der Waals surface area (Å²) < 4.78 is 0. The van der Waals surface area contributed by atoms with Crippen molar-refractivity contribution in [2.75, 3.05) is 0 Å². The minimum Gasteiger partial charge on any atom is -0.508 e. The number of phenols is 1. The molecule has 1 amide bonds. The zero-order chi connectivity index (χ0) is 11.3. The Labute approximate surface area is 89.4 Å². The molecule has 1 unspecified atom stereocenters. The van der Waals surface area contributed by atoms with Crippen molar-refractivity contribution in [2.24, 2.45) is 0 Å². The Hall–Kier alpha value is -1.77. The van der Waals surface area contributed by atoms with Crippen LogP contribution in [0.15, 0.2) is 36.9 Å². The molecule has 0 radical (unpaired) electrons. The maximum Gasteiger partial charge on any atom is 0.224 e. The summed E-state index contributed by atoms with van der Waals surface area (Å²) in [4.78, 5) is 11.5. The molecule has 0 saturated carbocycles. The monoisotopic (exact) mass is 205 g/mol. The maximum absolute atomic E-state index is 11.5. The van der Waals surface area contributed by atoms with Crippen LogP contribution in [0.3, 0.4) is 0 Å². The second-order valence-corrected chi connectivity index (χ2v) is 3.44. The average Bonchev–Trinajstić information content (AvgIpc) is 2.17. The van der Waals surface area contributed by atoms with Gasteiger partial charge in [-0.05, 0) is 24.6 Å². The van der Waals surface area contributed by atoms with Gasteiger partial charge in [-0.2, -0.15) is 0 Å². The molecule has 1 aromatic rings. The SMILES string of the molecule is C=CC(C)NC(=O)Cc1cccc(O)c1. The summed E-state index contributed by atoms with van der Waals surface area (Å²) in [5, 5.41) is 12.0. The van der Waals surface area contributed by atoms with Gasteiger partial charge in [0.2, 0.25) is 5.91 Å². The lowest BCUT2D eigenvalue weighted by Gasteiger charge is -2.09. The van der Waals surface area contributed by atoms with Crippen molar-refractivity contribution in [3.63, 3.8) is 0 Å². The molecule has 2 N–H and O–H groups in total. The summed E-state index contributed by atoms with van der Waals surface area (Å²) in [6.07, 6.45) is 1.94. The summed E-state index contributed by atoms with van der Waals surface area (Å²) >= 11 is 0. The minimum atomic E-state index is -0.0759. The number of carbonyl (C=O) groups is 1. The second kappa shape index (κ2) is 5.20. The highest BCUT2D eigenvalue weighted by Gasteiger charge is 2.05. The molecule has 0 saturated heterocycles. The van der Waals surface area contributed by atoms with Crippen molar-refractivity contribution in [3.8, 4) is 5.75 Å². The van der Waals surface area contributed by atoms with E-state index in [1.54, 1.807) is 30.3 Å². The highest BCUT2D eigenvalue weighted by molar-refractivity contribution is 5.79. The number of carbonyl (C=O) groups excluding carboxylic acids is 1. The number of phenolic OH excluding ortho intramolecular Hbond substituents is 1. The van der Waals surface area contributed by atoms with Gasteiger partial charge in [0.1, 0.15) is 5.75 Å². The molecule has 80 valence electrons. The number of hydrogen-bond donors (Lipinski definition) is 2. The highest BCUT2D eigenvalue weighted by atomic mass is 16.3. The van der Waals surface area contributed by atoms with Gasteiger partial charge in [0.15, 0.2) is 0 Å². The molecule has 1 rings (SSSR count). The Morgan fingerprint density at radius 2 is 2.40 bits per heavy atom. The van der Waals surface area contributed by atoms with E-state index in [4.69, 9.17) is 0 Å². The van der Waals surface area contributed by atoms with Gasteiger partial charge in [-0.1, -0.05) is 18.2 Å². The predicted molar refractivity (Wildman–Crippen MR) is 59.6 cm³/mol. The Morgan fingerprint density at radius 1 is 1.67 bits per heavy atom. The standard InChI is InChI=1S/C12H15NO2/c1-3-9(2)13-12(15)8-10-5-4-6-11(14)7-10/h3-7,9,14H,1,8H2,2H3,(H,13,15). The minimum absolute atomic E-state index is 0.0326. The van der Waals surface area contributed by atoms with Crippen LogP contribution < -0.4 is 5.32 Å². The molecule has 0 heterocycles. The van der Waals surface area contributed by atoms with Crippen molar-refractivity contribution in [1.82, 2.24) is 5.32 Å². The molecule has 0 aliphatic rings. The fraction of sp³-hybridized carbons (Fsp3) is 0.250. The number of benzene rings is 1. The van der Waals surface area contributed by atoms with E-state index in [1.807, 2.05) is 6.92 Å². The Balaban J connectivity index is 2.55. The van der Waals surface area contributed by atoms with Crippen LogP contribution >= 0.6 is 0 Å². The normalized spacial score (nSPS) is 11.8. The molecule has 0 aliphatic heterocycles. The van der Waals surface area contributed by atoms with Crippen LogP contribution in [0.25, 0.3) is 0 Å². The number of hydrogen-bond acceptors (Lipinski definition) is 2. The van der Waals surface area contributed by atoms with Crippen molar-refractivity contribution in [1.29, 1.82) is 0 Å². The van der Waals surface area contributed by atoms with Crippen LogP contribution in [0, 0.1) is 0 Å². The van der Waals surface area contributed by atoms with Crippen LogP contribution in [0.5, 0.6) is 5.75 Å². The first-order chi connectivity index (χ1) is 7.11. The smallest absolute Gasteiger partial charge is 0.224 e. The zero-order valence-electron chi connectivity index (χ0n) is 8.73. The summed E-state index contributed by atoms with van der Waals surface area (Å²) in [5.74, 6) is 0.102. The highest BCUT2D eigenvalue weighted by Crippen LogP contribution is 2.11. The Kier molecular flexibility index (Phi) is 3.92. The average molecular weight is 205 g/mol. The van der Waals surface area contributed by atoms with E-state index in [-0.39, 0.29) is 24.1 Å². The fourth-order valence-electron chi connectivity index (χ4n) is 1.22. The van der Waals surface area contributed by atoms with E-state index < -0.39 is 0 Å². The lowest BCUT2D eigenvalue weighted by molar-refractivity contribution is -0.120. The van der Waals surface area contributed by atoms with Gasteiger partial charge < -0.3 is 10.4 Å². The van der Waals surface area contributed by atoms with Crippen molar-refractivity contribution >= 4 is 5.91 Å². The van der Waals surface area contributed by atoms with Gasteiger partial charge in [0.25, 0.3) is 0 Å². The molecule has 0 aliphatic carbocycles. The summed E-state index contributed by atoms with van der Waals surface area (Å²) in [6, 6.07) is 6.65. The molecule has 0 aromatic heterocycles. The third-order valence-corrected chi connectivity index (χ3v) is 2.02. The molecule has 0 bridgehead atoms. The quantitative estimate of drug-likeness (QED) is 0.734. The Morgan fingerprint density at radius 3 is 3.00 bits per heavy atom. The van der Waals surface area contributed by atoms with Gasteiger partial charge >= 0.3 is 0 Å². The van der Waals surface area contributed by atoms with E-state index in [2.05, 4.69) is 11.9 Å². The van der Waals surface area contributed by atoms with E-state index in [0.717, 1.165) is 5.56 Å². The molecule has 1 aromatic carbocycles. The summed E-state index contributed by atoms with van der Waals surface area (Å²) in [5.41, 5.74) is 0.795. The van der Waals surface area contributed by atoms with E-state index in [9.17, 15) is 9.90 Å². The molecule has 0 spiro atoms. The Bertz CT molecular complexity index is 360. The van der Waals surface area contributed by atoms with Crippen molar-refractivity contribution < 1.29 is 9.90 Å². The molecule has 3 nitrogen and oxygen atoms in total. The lowest BCUT2D eigenvalue weighted by atomic mass is 10.1. The molecular formula is C12H15NO2. The van der Waals surface area contributed by atoms with Gasteiger partial charge in [0.05, 0.1) is 6.42 Å². The molecule has 15 heavy (non-hydrogen) atoms.